The Kier molecular flexibility index (Phi) is 6.47. The number of benzene rings is 1. The first kappa shape index (κ1) is 23.2. The predicted molar refractivity (Wildman–Crippen MR) is 106 cm³/mol. The maximum Gasteiger partial charge on any atom is 0.416 e. The number of nitrogens with one attached hydrogen (secondary N) is 1. The van der Waals surface area contributed by atoms with Crippen molar-refractivity contribution in [3.63, 3.8) is 0 Å². The van der Waals surface area contributed by atoms with Gasteiger partial charge in [-0.1, -0.05) is 12.1 Å². The number of rotatable bonds is 5. The minimum absolute atomic E-state index is 0.162. The van der Waals surface area contributed by atoms with Crippen LogP contribution in [-0.4, -0.2) is 46.7 Å². The fourth-order valence-electron chi connectivity index (χ4n) is 3.33. The number of halogens is 4. The molecule has 1 aliphatic heterocycles. The molecule has 0 radical (unpaired) electrons. The second-order valence-corrected chi connectivity index (χ2v) is 7.41. The standard InChI is InChI=1S/C21H20F4N4O3/c1-12-7-16(22)19(27-8-12)29-11-18(31)28(17(20(29)32)9-26-13(2)30)10-14-3-5-15(6-4-14)21(23,24)25/h3-8,17H,9-11H2,1-2H3,(H,26,30)/t17-/m1/s1. The van der Waals surface area contributed by atoms with Crippen molar-refractivity contribution >= 4 is 23.5 Å². The summed E-state index contributed by atoms with van der Waals surface area (Å²) in [7, 11) is 0. The number of amides is 3. The summed E-state index contributed by atoms with van der Waals surface area (Å²) < 4.78 is 52.8. The average molecular weight is 452 g/mol. The van der Waals surface area contributed by atoms with E-state index in [1.807, 2.05) is 0 Å². The SMILES string of the molecule is CC(=O)NC[C@@H]1C(=O)N(c2ncc(C)cc2F)CC(=O)N1Cc1ccc(C(F)(F)F)cc1. The van der Waals surface area contributed by atoms with E-state index in [1.54, 1.807) is 6.92 Å². The Morgan fingerprint density at radius 3 is 2.44 bits per heavy atom. The number of hydrogen-bond donors (Lipinski definition) is 1. The molecule has 2 heterocycles. The molecule has 3 amide bonds. The minimum atomic E-state index is -4.50. The van der Waals surface area contributed by atoms with Crippen LogP contribution in [0.25, 0.3) is 0 Å². The monoisotopic (exact) mass is 452 g/mol. The molecular formula is C21H20F4N4O3. The molecule has 170 valence electrons. The van der Waals surface area contributed by atoms with Gasteiger partial charge in [0.25, 0.3) is 5.91 Å². The molecule has 1 fully saturated rings. The molecule has 1 saturated heterocycles. The van der Waals surface area contributed by atoms with Crippen LogP contribution in [0.1, 0.15) is 23.6 Å². The van der Waals surface area contributed by atoms with E-state index in [0.717, 1.165) is 21.9 Å². The van der Waals surface area contributed by atoms with Crippen LogP contribution in [0.5, 0.6) is 0 Å². The zero-order valence-electron chi connectivity index (χ0n) is 17.2. The van der Waals surface area contributed by atoms with E-state index in [-0.39, 0.29) is 18.9 Å². The lowest BCUT2D eigenvalue weighted by Crippen LogP contribution is -2.63. The largest absolute Gasteiger partial charge is 0.416 e. The van der Waals surface area contributed by atoms with Crippen molar-refractivity contribution in [2.75, 3.05) is 18.0 Å². The first-order valence-corrected chi connectivity index (χ1v) is 9.61. The Balaban J connectivity index is 1.89. The van der Waals surface area contributed by atoms with E-state index in [2.05, 4.69) is 10.3 Å². The number of carbonyl (C=O) groups excluding carboxylic acids is 3. The second kappa shape index (κ2) is 8.93. The summed E-state index contributed by atoms with van der Waals surface area (Å²) in [5.41, 5.74) is 0.0463. The number of anilines is 1. The Morgan fingerprint density at radius 1 is 1.22 bits per heavy atom. The van der Waals surface area contributed by atoms with Crippen molar-refractivity contribution in [3.8, 4) is 0 Å². The van der Waals surface area contributed by atoms with Gasteiger partial charge in [0.05, 0.1) is 5.56 Å². The van der Waals surface area contributed by atoms with Crippen LogP contribution in [0, 0.1) is 12.7 Å². The van der Waals surface area contributed by atoms with Gasteiger partial charge in [-0.2, -0.15) is 13.2 Å². The molecule has 0 saturated carbocycles. The van der Waals surface area contributed by atoms with Gasteiger partial charge in [0, 0.05) is 26.2 Å². The minimum Gasteiger partial charge on any atom is -0.354 e. The van der Waals surface area contributed by atoms with Crippen LogP contribution in [0.4, 0.5) is 23.4 Å². The topological polar surface area (TPSA) is 82.6 Å². The van der Waals surface area contributed by atoms with Gasteiger partial charge in [-0.25, -0.2) is 9.37 Å². The van der Waals surface area contributed by atoms with Crippen LogP contribution in [0.2, 0.25) is 0 Å². The predicted octanol–water partition coefficient (Wildman–Crippen LogP) is 2.43. The molecule has 1 aromatic carbocycles. The third-order valence-electron chi connectivity index (χ3n) is 4.93. The highest BCUT2D eigenvalue weighted by Gasteiger charge is 2.41. The molecule has 1 aliphatic rings. The molecule has 0 bridgehead atoms. The summed E-state index contributed by atoms with van der Waals surface area (Å²) in [6.45, 7) is 1.95. The maximum absolute atomic E-state index is 14.4. The summed E-state index contributed by atoms with van der Waals surface area (Å²) >= 11 is 0. The lowest BCUT2D eigenvalue weighted by Gasteiger charge is -2.40. The summed E-state index contributed by atoms with van der Waals surface area (Å²) in [5.74, 6) is -2.77. The Bertz CT molecular complexity index is 1040. The van der Waals surface area contributed by atoms with Gasteiger partial charge < -0.3 is 10.2 Å². The third kappa shape index (κ3) is 5.04. The Hall–Kier alpha value is -3.50. The van der Waals surface area contributed by atoms with E-state index >= 15 is 0 Å². The molecule has 32 heavy (non-hydrogen) atoms. The highest BCUT2D eigenvalue weighted by atomic mass is 19.4. The van der Waals surface area contributed by atoms with E-state index < -0.39 is 47.9 Å². The van der Waals surface area contributed by atoms with E-state index in [9.17, 15) is 31.9 Å². The highest BCUT2D eigenvalue weighted by Crippen LogP contribution is 2.30. The van der Waals surface area contributed by atoms with Crippen LogP contribution < -0.4 is 10.2 Å². The molecule has 2 aromatic rings. The van der Waals surface area contributed by atoms with Gasteiger partial charge in [-0.15, -0.1) is 0 Å². The fraction of sp³-hybridized carbons (Fsp3) is 0.333. The molecule has 0 aliphatic carbocycles. The molecule has 0 unspecified atom stereocenters. The summed E-state index contributed by atoms with van der Waals surface area (Å²) in [6, 6.07) is 4.17. The number of piperazine rings is 1. The lowest BCUT2D eigenvalue weighted by molar-refractivity contribution is -0.144. The number of alkyl halides is 3. The number of pyridine rings is 1. The molecule has 11 heteroatoms. The van der Waals surface area contributed by atoms with Crippen molar-refractivity contribution in [1.82, 2.24) is 15.2 Å². The summed E-state index contributed by atoms with van der Waals surface area (Å²) in [4.78, 5) is 43.4. The highest BCUT2D eigenvalue weighted by molar-refractivity contribution is 6.06. The van der Waals surface area contributed by atoms with E-state index in [0.29, 0.717) is 11.1 Å². The van der Waals surface area contributed by atoms with Crippen molar-refractivity contribution in [1.29, 1.82) is 0 Å². The molecular weight excluding hydrogens is 432 g/mol. The van der Waals surface area contributed by atoms with Gasteiger partial charge in [-0.05, 0) is 36.2 Å². The summed E-state index contributed by atoms with van der Waals surface area (Å²) in [6.07, 6.45) is -3.15. The quantitative estimate of drug-likeness (QED) is 0.707. The molecule has 3 rings (SSSR count). The van der Waals surface area contributed by atoms with Gasteiger partial charge in [0.2, 0.25) is 11.8 Å². The average Bonchev–Trinajstić information content (AvgIpc) is 2.70. The Morgan fingerprint density at radius 2 is 1.88 bits per heavy atom. The first-order chi connectivity index (χ1) is 15.0. The smallest absolute Gasteiger partial charge is 0.354 e. The van der Waals surface area contributed by atoms with Crippen LogP contribution in [0.3, 0.4) is 0 Å². The van der Waals surface area contributed by atoms with Crippen LogP contribution in [0.15, 0.2) is 36.5 Å². The maximum atomic E-state index is 14.4. The van der Waals surface area contributed by atoms with Gasteiger partial charge in [0.1, 0.15) is 12.6 Å². The zero-order valence-corrected chi connectivity index (χ0v) is 17.2. The van der Waals surface area contributed by atoms with Crippen molar-refractivity contribution in [3.05, 3.63) is 59.0 Å². The third-order valence-corrected chi connectivity index (χ3v) is 4.93. The lowest BCUT2D eigenvalue weighted by atomic mass is 10.1. The summed E-state index contributed by atoms with van der Waals surface area (Å²) in [5, 5.41) is 2.46. The zero-order chi connectivity index (χ0) is 23.6. The van der Waals surface area contributed by atoms with Gasteiger partial charge in [0.15, 0.2) is 11.6 Å². The van der Waals surface area contributed by atoms with Gasteiger partial charge >= 0.3 is 6.18 Å². The first-order valence-electron chi connectivity index (χ1n) is 9.61. The molecule has 1 atom stereocenters. The molecule has 0 spiro atoms. The van der Waals surface area contributed by atoms with Crippen molar-refractivity contribution in [2.24, 2.45) is 0 Å². The second-order valence-electron chi connectivity index (χ2n) is 7.41. The fourth-order valence-corrected chi connectivity index (χ4v) is 3.33. The molecule has 1 aromatic heterocycles. The normalized spacial score (nSPS) is 17.0. The molecule has 7 nitrogen and oxygen atoms in total. The number of aryl methyl sites for hydroxylation is 1. The van der Waals surface area contributed by atoms with E-state index in [1.165, 1.54) is 31.3 Å². The van der Waals surface area contributed by atoms with Crippen LogP contribution in [-0.2, 0) is 27.1 Å². The molecule has 1 N–H and O–H groups in total. The van der Waals surface area contributed by atoms with Crippen molar-refractivity contribution < 1.29 is 31.9 Å². The van der Waals surface area contributed by atoms with Crippen LogP contribution >= 0.6 is 0 Å². The van der Waals surface area contributed by atoms with E-state index in [4.69, 9.17) is 0 Å². The number of nitrogens with zero attached hydrogens (tertiary/aromatic N) is 3. The number of aromatic nitrogens is 1. The van der Waals surface area contributed by atoms with Crippen molar-refractivity contribution in [2.45, 2.75) is 32.6 Å². The Labute approximate surface area is 181 Å². The number of hydrogen-bond acceptors (Lipinski definition) is 4. The van der Waals surface area contributed by atoms with Gasteiger partial charge in [-0.3, -0.25) is 19.3 Å². The number of carbonyl (C=O) groups is 3.